The average Bonchev–Trinajstić information content (AvgIpc) is 2.39. The molecule has 0 aliphatic rings. The van der Waals surface area contributed by atoms with Crippen LogP contribution in [0.15, 0.2) is 54.6 Å². The van der Waals surface area contributed by atoms with Crippen LogP contribution < -0.4 is 4.74 Å². The summed E-state index contributed by atoms with van der Waals surface area (Å²) >= 11 is 0. The summed E-state index contributed by atoms with van der Waals surface area (Å²) in [6.07, 6.45) is 0.321. The highest BCUT2D eigenvalue weighted by molar-refractivity contribution is 5.63. The maximum Gasteiger partial charge on any atom is 0.119 e. The lowest BCUT2D eigenvalue weighted by Crippen LogP contribution is -2.18. The first-order chi connectivity index (χ1) is 9.15. The van der Waals surface area contributed by atoms with E-state index in [2.05, 4.69) is 24.3 Å². The summed E-state index contributed by atoms with van der Waals surface area (Å²) in [5.41, 5.74) is 2.38. The molecule has 0 heterocycles. The van der Waals surface area contributed by atoms with E-state index in [0.717, 1.165) is 5.75 Å². The highest BCUT2D eigenvalue weighted by Crippen LogP contribution is 2.23. The third kappa shape index (κ3) is 4.11. The molecule has 2 unspecified atom stereocenters. The summed E-state index contributed by atoms with van der Waals surface area (Å²) in [6, 6.07) is 18.3. The second-order valence-corrected chi connectivity index (χ2v) is 4.90. The van der Waals surface area contributed by atoms with E-state index in [0.29, 0.717) is 6.42 Å². The Kier molecular flexibility index (Phi) is 4.58. The van der Waals surface area contributed by atoms with Crippen molar-refractivity contribution in [2.75, 3.05) is 0 Å². The molecule has 0 amide bonds. The monoisotopic (exact) mass is 256 g/mol. The average molecular weight is 256 g/mol. The maximum absolute atomic E-state index is 9.31. The Morgan fingerprint density at radius 2 is 1.47 bits per heavy atom. The molecule has 0 spiro atoms. The van der Waals surface area contributed by atoms with E-state index in [9.17, 15) is 5.11 Å². The first-order valence-electron chi connectivity index (χ1n) is 6.65. The van der Waals surface area contributed by atoms with Crippen molar-refractivity contribution in [1.82, 2.24) is 0 Å². The highest BCUT2D eigenvalue weighted by Gasteiger charge is 2.07. The fourth-order valence-electron chi connectivity index (χ4n) is 2.12. The lowest BCUT2D eigenvalue weighted by Gasteiger charge is -2.16. The van der Waals surface area contributed by atoms with Crippen LogP contribution in [0.4, 0.5) is 0 Å². The zero-order valence-electron chi connectivity index (χ0n) is 11.4. The molecule has 100 valence electrons. The molecule has 0 radical (unpaired) electrons. The van der Waals surface area contributed by atoms with Gasteiger partial charge in [-0.2, -0.15) is 0 Å². The zero-order chi connectivity index (χ0) is 13.7. The molecule has 0 aliphatic carbocycles. The molecule has 1 N–H and O–H groups in total. The van der Waals surface area contributed by atoms with E-state index in [-0.39, 0.29) is 12.2 Å². The van der Waals surface area contributed by atoms with Gasteiger partial charge in [0.15, 0.2) is 0 Å². The second-order valence-electron chi connectivity index (χ2n) is 4.90. The Morgan fingerprint density at radius 1 is 0.895 bits per heavy atom. The van der Waals surface area contributed by atoms with Gasteiger partial charge in [-0.1, -0.05) is 42.5 Å². The number of ether oxygens (including phenoxy) is 1. The van der Waals surface area contributed by atoms with Crippen molar-refractivity contribution >= 4 is 0 Å². The van der Waals surface area contributed by atoms with Gasteiger partial charge in [0.2, 0.25) is 0 Å². The fraction of sp³-hybridized carbons (Fsp3) is 0.294. The molecule has 2 nitrogen and oxygen atoms in total. The second kappa shape index (κ2) is 6.39. The Morgan fingerprint density at radius 3 is 2.05 bits per heavy atom. The summed E-state index contributed by atoms with van der Waals surface area (Å²) in [6.45, 7) is 3.75. The van der Waals surface area contributed by atoms with Crippen LogP contribution in [-0.4, -0.2) is 17.3 Å². The van der Waals surface area contributed by atoms with Crippen molar-refractivity contribution < 1.29 is 9.84 Å². The largest absolute Gasteiger partial charge is 0.491 e. The van der Waals surface area contributed by atoms with E-state index >= 15 is 0 Å². The van der Waals surface area contributed by atoms with E-state index in [1.54, 1.807) is 6.92 Å². The predicted molar refractivity (Wildman–Crippen MR) is 78.3 cm³/mol. The molecule has 19 heavy (non-hydrogen) atoms. The minimum absolute atomic E-state index is 0.0163. The number of hydrogen-bond donors (Lipinski definition) is 1. The zero-order valence-corrected chi connectivity index (χ0v) is 11.4. The van der Waals surface area contributed by atoms with Crippen LogP contribution in [0.3, 0.4) is 0 Å². The smallest absolute Gasteiger partial charge is 0.119 e. The number of rotatable bonds is 5. The van der Waals surface area contributed by atoms with Crippen LogP contribution in [0, 0.1) is 0 Å². The van der Waals surface area contributed by atoms with Crippen LogP contribution in [0.5, 0.6) is 5.75 Å². The van der Waals surface area contributed by atoms with Crippen molar-refractivity contribution in [3.8, 4) is 16.9 Å². The van der Waals surface area contributed by atoms with Gasteiger partial charge in [0.1, 0.15) is 5.75 Å². The van der Waals surface area contributed by atoms with Crippen LogP contribution >= 0.6 is 0 Å². The normalized spacial score (nSPS) is 13.8. The van der Waals surface area contributed by atoms with Crippen molar-refractivity contribution in [2.45, 2.75) is 32.5 Å². The molecule has 2 rings (SSSR count). The Bertz CT molecular complexity index is 488. The van der Waals surface area contributed by atoms with Gasteiger partial charge in [0.25, 0.3) is 0 Å². The SMILES string of the molecule is CC(O)CC(C)Oc1ccc(-c2ccccc2)cc1. The van der Waals surface area contributed by atoms with Crippen LogP contribution in [0.25, 0.3) is 11.1 Å². The van der Waals surface area contributed by atoms with Crippen molar-refractivity contribution in [3.63, 3.8) is 0 Å². The summed E-state index contributed by atoms with van der Waals surface area (Å²) < 4.78 is 5.76. The van der Waals surface area contributed by atoms with Gasteiger partial charge in [-0.15, -0.1) is 0 Å². The summed E-state index contributed by atoms with van der Waals surface area (Å²) in [5.74, 6) is 0.841. The molecule has 0 bridgehead atoms. The van der Waals surface area contributed by atoms with Gasteiger partial charge in [-0.05, 0) is 37.1 Å². The number of aliphatic hydroxyl groups is 1. The molecular weight excluding hydrogens is 236 g/mol. The number of benzene rings is 2. The summed E-state index contributed by atoms with van der Waals surface area (Å²) in [7, 11) is 0. The molecule has 2 heteroatoms. The van der Waals surface area contributed by atoms with Crippen LogP contribution in [0.2, 0.25) is 0 Å². The summed E-state index contributed by atoms with van der Waals surface area (Å²) in [4.78, 5) is 0. The first kappa shape index (κ1) is 13.6. The topological polar surface area (TPSA) is 29.5 Å². The first-order valence-corrected chi connectivity index (χ1v) is 6.65. The number of aliphatic hydroxyl groups excluding tert-OH is 1. The quantitative estimate of drug-likeness (QED) is 0.879. The Balaban J connectivity index is 2.03. The molecule has 0 saturated heterocycles. The van der Waals surface area contributed by atoms with Crippen LogP contribution in [-0.2, 0) is 0 Å². The van der Waals surface area contributed by atoms with E-state index < -0.39 is 0 Å². The van der Waals surface area contributed by atoms with Gasteiger partial charge >= 0.3 is 0 Å². The Labute approximate surface area is 114 Å². The molecule has 2 atom stereocenters. The predicted octanol–water partition coefficient (Wildman–Crippen LogP) is 3.89. The van der Waals surface area contributed by atoms with Gasteiger partial charge < -0.3 is 9.84 Å². The molecule has 0 fully saturated rings. The van der Waals surface area contributed by atoms with E-state index in [1.807, 2.05) is 37.3 Å². The lowest BCUT2D eigenvalue weighted by atomic mass is 10.1. The van der Waals surface area contributed by atoms with E-state index in [4.69, 9.17) is 4.74 Å². The standard InChI is InChI=1S/C17H20O2/c1-13(18)12-14(2)19-17-10-8-16(9-11-17)15-6-4-3-5-7-15/h3-11,13-14,18H,12H2,1-2H3. The van der Waals surface area contributed by atoms with Crippen molar-refractivity contribution in [3.05, 3.63) is 54.6 Å². The maximum atomic E-state index is 9.31. The molecule has 2 aromatic rings. The van der Waals surface area contributed by atoms with Gasteiger partial charge in [-0.3, -0.25) is 0 Å². The lowest BCUT2D eigenvalue weighted by molar-refractivity contribution is 0.115. The summed E-state index contributed by atoms with van der Waals surface area (Å²) in [5, 5.41) is 9.31. The molecular formula is C17H20O2. The molecule has 2 aromatic carbocycles. The Hall–Kier alpha value is -1.80. The van der Waals surface area contributed by atoms with Crippen molar-refractivity contribution in [2.24, 2.45) is 0 Å². The molecule has 0 aliphatic heterocycles. The van der Waals surface area contributed by atoms with Gasteiger partial charge in [0, 0.05) is 6.42 Å². The fourth-order valence-corrected chi connectivity index (χ4v) is 2.12. The van der Waals surface area contributed by atoms with Gasteiger partial charge in [0.05, 0.1) is 12.2 Å². The molecule has 0 aromatic heterocycles. The van der Waals surface area contributed by atoms with E-state index in [1.165, 1.54) is 11.1 Å². The highest BCUT2D eigenvalue weighted by atomic mass is 16.5. The third-order valence-corrected chi connectivity index (χ3v) is 2.97. The number of hydrogen-bond acceptors (Lipinski definition) is 2. The van der Waals surface area contributed by atoms with Crippen molar-refractivity contribution in [1.29, 1.82) is 0 Å². The van der Waals surface area contributed by atoms with Gasteiger partial charge in [-0.25, -0.2) is 0 Å². The minimum Gasteiger partial charge on any atom is -0.491 e. The minimum atomic E-state index is -0.335. The van der Waals surface area contributed by atoms with Crippen LogP contribution in [0.1, 0.15) is 20.3 Å². The third-order valence-electron chi connectivity index (χ3n) is 2.97. The molecule has 0 saturated carbocycles.